The highest BCUT2D eigenvalue weighted by Crippen LogP contribution is 2.32. The molecule has 0 saturated heterocycles. The second-order valence-corrected chi connectivity index (χ2v) is 10.6. The largest absolute Gasteiger partial charge is 0.455 e. The minimum Gasteiger partial charge on any atom is -0.455 e. The molecular weight excluding hydrogens is 567 g/mol. The van der Waals surface area contributed by atoms with Crippen molar-refractivity contribution in [2.24, 2.45) is 0 Å². The highest BCUT2D eigenvalue weighted by Gasteiger charge is 2.31. The van der Waals surface area contributed by atoms with Crippen molar-refractivity contribution in [3.05, 3.63) is 81.8 Å². The van der Waals surface area contributed by atoms with Crippen LogP contribution in [0.1, 0.15) is 6.92 Å². The second-order valence-electron chi connectivity index (χ2n) is 7.63. The zero-order valence-corrected chi connectivity index (χ0v) is 22.2. The summed E-state index contributed by atoms with van der Waals surface area (Å²) in [5, 5.41) is 13.0. The van der Waals surface area contributed by atoms with E-state index in [1.165, 1.54) is 25.1 Å². The maximum absolute atomic E-state index is 12.7. The smallest absolute Gasteiger partial charge is 0.327 e. The first kappa shape index (κ1) is 28.7. The molecule has 196 valence electrons. The quantitative estimate of drug-likeness (QED) is 0.294. The fourth-order valence-corrected chi connectivity index (χ4v) is 4.76. The Morgan fingerprint density at radius 2 is 1.68 bits per heavy atom. The molecule has 3 rings (SSSR count). The van der Waals surface area contributed by atoms with Crippen molar-refractivity contribution in [3.8, 4) is 11.5 Å². The SMILES string of the molecule is C[C@H](O)[C@H](NS(=O)(=O)c1ccc(Cl)c(Cl)c1)C(=O)OCC(=O)Nc1cc(Cl)ccc1Oc1ccccc1. The molecule has 0 bridgehead atoms. The van der Waals surface area contributed by atoms with E-state index in [9.17, 15) is 23.1 Å². The first-order chi connectivity index (χ1) is 17.5. The van der Waals surface area contributed by atoms with Gasteiger partial charge < -0.3 is 19.9 Å². The molecule has 2 atom stereocenters. The van der Waals surface area contributed by atoms with Crippen LogP contribution >= 0.6 is 34.8 Å². The summed E-state index contributed by atoms with van der Waals surface area (Å²) >= 11 is 17.7. The number of benzene rings is 3. The summed E-state index contributed by atoms with van der Waals surface area (Å²) in [6, 6.07) is 15.2. The third-order valence-electron chi connectivity index (χ3n) is 4.75. The lowest BCUT2D eigenvalue weighted by molar-refractivity contribution is -0.151. The molecule has 0 aliphatic rings. The molecular formula is C24H21Cl3N2O7S. The molecule has 3 N–H and O–H groups in total. The molecule has 0 aromatic heterocycles. The van der Waals surface area contributed by atoms with Crippen molar-refractivity contribution in [1.82, 2.24) is 4.72 Å². The highest BCUT2D eigenvalue weighted by molar-refractivity contribution is 7.89. The number of halogens is 3. The van der Waals surface area contributed by atoms with Gasteiger partial charge in [-0.3, -0.25) is 9.59 Å². The standard InChI is InChI=1S/C24H21Cl3N2O7S/c1-14(30)23(29-37(33,34)17-8-9-18(26)19(27)12-17)24(32)35-13-22(31)28-20-11-15(25)7-10-21(20)36-16-5-3-2-4-6-16/h2-12,14,23,29-30H,13H2,1H3,(H,28,31)/t14-,23-/m0/s1. The summed E-state index contributed by atoms with van der Waals surface area (Å²) in [7, 11) is -4.30. The van der Waals surface area contributed by atoms with Crippen molar-refractivity contribution in [2.75, 3.05) is 11.9 Å². The molecule has 0 saturated carbocycles. The zero-order chi connectivity index (χ0) is 27.2. The van der Waals surface area contributed by atoms with Gasteiger partial charge >= 0.3 is 5.97 Å². The van der Waals surface area contributed by atoms with Gasteiger partial charge in [-0.25, -0.2) is 8.42 Å². The number of carbonyl (C=O) groups is 2. The van der Waals surface area contributed by atoms with E-state index in [2.05, 4.69) is 5.32 Å². The number of anilines is 1. The summed E-state index contributed by atoms with van der Waals surface area (Å²) in [5.41, 5.74) is 0.213. The Bertz CT molecular complexity index is 1390. The predicted molar refractivity (Wildman–Crippen MR) is 140 cm³/mol. The third-order valence-corrected chi connectivity index (χ3v) is 7.16. The maximum Gasteiger partial charge on any atom is 0.327 e. The van der Waals surface area contributed by atoms with E-state index in [0.717, 1.165) is 6.07 Å². The third kappa shape index (κ3) is 8.06. The lowest BCUT2D eigenvalue weighted by Crippen LogP contribution is -2.48. The zero-order valence-electron chi connectivity index (χ0n) is 19.2. The molecule has 9 nitrogen and oxygen atoms in total. The Labute approximate surface area is 228 Å². The van der Waals surface area contributed by atoms with Crippen molar-refractivity contribution >= 4 is 62.4 Å². The van der Waals surface area contributed by atoms with Gasteiger partial charge in [0.15, 0.2) is 12.4 Å². The van der Waals surface area contributed by atoms with E-state index in [4.69, 9.17) is 44.3 Å². The minimum absolute atomic E-state index is 0.0194. The van der Waals surface area contributed by atoms with Crippen LogP contribution in [0, 0.1) is 0 Å². The molecule has 3 aromatic rings. The molecule has 0 fully saturated rings. The van der Waals surface area contributed by atoms with Gasteiger partial charge in [-0.05, 0) is 55.5 Å². The van der Waals surface area contributed by atoms with Crippen LogP contribution in [0.5, 0.6) is 11.5 Å². The van der Waals surface area contributed by atoms with Crippen molar-refractivity contribution in [2.45, 2.75) is 24.0 Å². The van der Waals surface area contributed by atoms with Crippen molar-refractivity contribution in [1.29, 1.82) is 0 Å². The highest BCUT2D eigenvalue weighted by atomic mass is 35.5. The maximum atomic E-state index is 12.7. The van der Waals surface area contributed by atoms with E-state index in [1.807, 2.05) is 10.8 Å². The first-order valence-electron chi connectivity index (χ1n) is 10.6. The number of aliphatic hydroxyl groups is 1. The second kappa shape index (κ2) is 12.6. The number of carbonyl (C=O) groups excluding carboxylic acids is 2. The summed E-state index contributed by atoms with van der Waals surface area (Å²) in [6.07, 6.45) is -1.49. The molecule has 1 amide bonds. The first-order valence-corrected chi connectivity index (χ1v) is 13.2. The average molecular weight is 588 g/mol. The predicted octanol–water partition coefficient (Wildman–Crippen LogP) is 4.65. The summed E-state index contributed by atoms with van der Waals surface area (Å²) in [6.45, 7) is 0.399. The van der Waals surface area contributed by atoms with E-state index >= 15 is 0 Å². The van der Waals surface area contributed by atoms with Gasteiger partial charge in [-0.15, -0.1) is 0 Å². The Kier molecular flexibility index (Phi) is 9.77. The minimum atomic E-state index is -4.30. The molecule has 37 heavy (non-hydrogen) atoms. The lowest BCUT2D eigenvalue weighted by Gasteiger charge is -2.20. The van der Waals surface area contributed by atoms with Gasteiger partial charge in [0.1, 0.15) is 11.8 Å². The van der Waals surface area contributed by atoms with Gasteiger partial charge in [-0.2, -0.15) is 4.72 Å². The molecule has 3 aromatic carbocycles. The number of nitrogens with one attached hydrogen (secondary N) is 2. The number of esters is 1. The summed E-state index contributed by atoms with van der Waals surface area (Å²) < 4.78 is 38.1. The van der Waals surface area contributed by atoms with Crippen LogP contribution in [0.4, 0.5) is 5.69 Å². The van der Waals surface area contributed by atoms with Crippen molar-refractivity contribution < 1.29 is 32.6 Å². The van der Waals surface area contributed by atoms with E-state index in [0.29, 0.717) is 10.8 Å². The number of aliphatic hydroxyl groups excluding tert-OH is 1. The molecule has 0 aliphatic carbocycles. The van der Waals surface area contributed by atoms with Gasteiger partial charge in [0, 0.05) is 5.02 Å². The average Bonchev–Trinajstić information content (AvgIpc) is 2.85. The summed E-state index contributed by atoms with van der Waals surface area (Å²) in [5.74, 6) is -1.14. The summed E-state index contributed by atoms with van der Waals surface area (Å²) in [4.78, 5) is 24.8. The van der Waals surface area contributed by atoms with E-state index in [1.54, 1.807) is 36.4 Å². The topological polar surface area (TPSA) is 131 Å². The van der Waals surface area contributed by atoms with E-state index < -0.39 is 40.7 Å². The van der Waals surface area contributed by atoms with Gasteiger partial charge in [-0.1, -0.05) is 53.0 Å². The molecule has 0 radical (unpaired) electrons. The lowest BCUT2D eigenvalue weighted by atomic mass is 10.2. The van der Waals surface area contributed by atoms with Gasteiger partial charge in [0.2, 0.25) is 10.0 Å². The fraction of sp³-hybridized carbons (Fsp3) is 0.167. The normalized spacial score (nSPS) is 12.9. The van der Waals surface area contributed by atoms with Crippen LogP contribution in [0.3, 0.4) is 0 Å². The number of ether oxygens (including phenoxy) is 2. The van der Waals surface area contributed by atoms with Crippen LogP contribution < -0.4 is 14.8 Å². The van der Waals surface area contributed by atoms with Gasteiger partial charge in [0.05, 0.1) is 26.7 Å². The van der Waals surface area contributed by atoms with Crippen LogP contribution in [-0.2, 0) is 24.3 Å². The van der Waals surface area contributed by atoms with Crippen LogP contribution in [0.2, 0.25) is 15.1 Å². The van der Waals surface area contributed by atoms with Crippen molar-refractivity contribution in [3.63, 3.8) is 0 Å². The van der Waals surface area contributed by atoms with Crippen LogP contribution in [0.25, 0.3) is 0 Å². The Hall–Kier alpha value is -2.86. The number of para-hydroxylation sites is 1. The number of hydrogen-bond donors (Lipinski definition) is 3. The number of hydrogen-bond acceptors (Lipinski definition) is 7. The Balaban J connectivity index is 1.66. The number of amides is 1. The van der Waals surface area contributed by atoms with Crippen LogP contribution in [0.15, 0.2) is 71.6 Å². The Morgan fingerprint density at radius 3 is 2.32 bits per heavy atom. The monoisotopic (exact) mass is 586 g/mol. The van der Waals surface area contributed by atoms with Crippen LogP contribution in [-0.4, -0.2) is 44.2 Å². The number of sulfonamides is 1. The molecule has 0 spiro atoms. The van der Waals surface area contributed by atoms with Gasteiger partial charge in [0.25, 0.3) is 5.91 Å². The fourth-order valence-electron chi connectivity index (χ4n) is 2.94. The number of rotatable bonds is 10. The molecule has 13 heteroatoms. The Morgan fingerprint density at radius 1 is 0.973 bits per heavy atom. The molecule has 0 heterocycles. The van der Waals surface area contributed by atoms with E-state index in [-0.39, 0.29) is 26.4 Å². The molecule has 0 aliphatic heterocycles. The molecule has 0 unspecified atom stereocenters.